The summed E-state index contributed by atoms with van der Waals surface area (Å²) in [7, 11) is 0. The lowest BCUT2D eigenvalue weighted by atomic mass is 10.2. The summed E-state index contributed by atoms with van der Waals surface area (Å²) in [5, 5.41) is 4.01. The summed E-state index contributed by atoms with van der Waals surface area (Å²) < 4.78 is 10.8. The second-order valence-electron chi connectivity index (χ2n) is 6.49. The molecule has 24 heavy (non-hydrogen) atoms. The predicted octanol–water partition coefficient (Wildman–Crippen LogP) is 2.21. The normalized spacial score (nSPS) is 18.2. The quantitative estimate of drug-likeness (QED) is 0.835. The number of rotatable bonds is 5. The van der Waals surface area contributed by atoms with Crippen LogP contribution in [0.5, 0.6) is 0 Å². The molecule has 0 N–H and O–H groups in total. The van der Waals surface area contributed by atoms with Crippen molar-refractivity contribution in [2.45, 2.75) is 53.2 Å². The maximum atomic E-state index is 12.1. The van der Waals surface area contributed by atoms with Crippen molar-refractivity contribution >= 4 is 5.91 Å². The molecule has 7 heteroatoms. The highest BCUT2D eigenvalue weighted by molar-refractivity contribution is 5.73. The molecule has 0 spiro atoms. The van der Waals surface area contributed by atoms with Crippen LogP contribution in [0.4, 0.5) is 0 Å². The minimum Gasteiger partial charge on any atom is -0.444 e. The Morgan fingerprint density at radius 3 is 2.79 bits per heavy atom. The molecule has 1 atom stereocenters. The van der Waals surface area contributed by atoms with E-state index in [0.29, 0.717) is 12.4 Å². The molecule has 0 unspecified atom stereocenters. The molecule has 3 heterocycles. The number of likely N-dealkylation sites (tertiary alicyclic amines) is 1. The van der Waals surface area contributed by atoms with E-state index in [1.54, 1.807) is 13.1 Å². The van der Waals surface area contributed by atoms with Crippen molar-refractivity contribution in [2.24, 2.45) is 0 Å². The highest BCUT2D eigenvalue weighted by atomic mass is 16.5. The minimum atomic E-state index is 0.0510. The summed E-state index contributed by atoms with van der Waals surface area (Å²) in [6.07, 6.45) is 2.63. The summed E-state index contributed by atoms with van der Waals surface area (Å²) in [5.74, 6) is 2.27. The predicted molar refractivity (Wildman–Crippen MR) is 87.1 cm³/mol. The van der Waals surface area contributed by atoms with Crippen LogP contribution < -0.4 is 0 Å². The molecule has 0 radical (unpaired) electrons. The van der Waals surface area contributed by atoms with Crippen LogP contribution in [0.2, 0.25) is 0 Å². The smallest absolute Gasteiger partial charge is 0.220 e. The van der Waals surface area contributed by atoms with Crippen LogP contribution in [0, 0.1) is 20.8 Å². The van der Waals surface area contributed by atoms with Gasteiger partial charge in [0, 0.05) is 38.2 Å². The molecular weight excluding hydrogens is 308 g/mol. The molecule has 1 aliphatic rings. The van der Waals surface area contributed by atoms with Gasteiger partial charge in [-0.15, -0.1) is 0 Å². The van der Waals surface area contributed by atoms with E-state index in [4.69, 9.17) is 8.94 Å². The maximum absolute atomic E-state index is 12.1. The van der Waals surface area contributed by atoms with Crippen LogP contribution in [-0.2, 0) is 17.9 Å². The first kappa shape index (κ1) is 16.7. The first-order valence-electron chi connectivity index (χ1n) is 8.26. The molecule has 130 valence electrons. The zero-order valence-electron chi connectivity index (χ0n) is 14.7. The Morgan fingerprint density at radius 1 is 1.42 bits per heavy atom. The molecule has 2 aromatic rings. The second-order valence-corrected chi connectivity index (χ2v) is 6.49. The number of oxazole rings is 1. The van der Waals surface area contributed by atoms with Gasteiger partial charge in [0.2, 0.25) is 11.8 Å². The van der Waals surface area contributed by atoms with Crippen molar-refractivity contribution in [3.05, 3.63) is 34.9 Å². The fourth-order valence-electron chi connectivity index (χ4n) is 3.28. The summed E-state index contributed by atoms with van der Waals surface area (Å²) >= 11 is 0. The van der Waals surface area contributed by atoms with Gasteiger partial charge in [-0.3, -0.25) is 9.69 Å². The zero-order valence-corrected chi connectivity index (χ0v) is 14.7. The molecule has 1 fully saturated rings. The third kappa shape index (κ3) is 3.51. The van der Waals surface area contributed by atoms with E-state index in [-0.39, 0.29) is 11.9 Å². The molecule has 3 rings (SSSR count). The van der Waals surface area contributed by atoms with Gasteiger partial charge in [-0.1, -0.05) is 5.16 Å². The van der Waals surface area contributed by atoms with Crippen molar-refractivity contribution in [3.8, 4) is 0 Å². The number of amides is 1. The molecule has 1 aliphatic heterocycles. The first-order chi connectivity index (χ1) is 11.4. The first-order valence-corrected chi connectivity index (χ1v) is 8.26. The van der Waals surface area contributed by atoms with Crippen molar-refractivity contribution in [1.82, 2.24) is 19.9 Å². The van der Waals surface area contributed by atoms with E-state index < -0.39 is 0 Å². The number of hydrogen-bond acceptors (Lipinski definition) is 6. The van der Waals surface area contributed by atoms with Gasteiger partial charge < -0.3 is 13.8 Å². The summed E-state index contributed by atoms with van der Waals surface area (Å²) in [6, 6.07) is 0.176. The van der Waals surface area contributed by atoms with E-state index in [1.807, 2.05) is 25.7 Å². The van der Waals surface area contributed by atoms with Gasteiger partial charge in [-0.25, -0.2) is 4.98 Å². The Labute approximate surface area is 141 Å². The van der Waals surface area contributed by atoms with Crippen LogP contribution in [0.1, 0.15) is 42.0 Å². The summed E-state index contributed by atoms with van der Waals surface area (Å²) in [4.78, 5) is 20.5. The molecule has 0 bridgehead atoms. The van der Waals surface area contributed by atoms with Gasteiger partial charge in [-0.2, -0.15) is 0 Å². The van der Waals surface area contributed by atoms with E-state index in [0.717, 1.165) is 48.8 Å². The third-order valence-corrected chi connectivity index (χ3v) is 4.63. The number of carbonyl (C=O) groups is 1. The number of nitrogens with zero attached hydrogens (tertiary/aromatic N) is 4. The average Bonchev–Trinajstić information content (AvgIpc) is 3.22. The molecule has 2 aromatic heterocycles. The van der Waals surface area contributed by atoms with Crippen LogP contribution >= 0.6 is 0 Å². The molecular formula is C17H24N4O3. The molecule has 1 saturated heterocycles. The summed E-state index contributed by atoms with van der Waals surface area (Å²) in [6.45, 7) is 10.4. The lowest BCUT2D eigenvalue weighted by Gasteiger charge is -2.27. The largest absolute Gasteiger partial charge is 0.444 e. The van der Waals surface area contributed by atoms with E-state index >= 15 is 0 Å². The van der Waals surface area contributed by atoms with E-state index in [2.05, 4.69) is 15.0 Å². The molecule has 1 amide bonds. The van der Waals surface area contributed by atoms with Gasteiger partial charge in [0.1, 0.15) is 11.5 Å². The number of carbonyl (C=O) groups excluding carboxylic acids is 1. The van der Waals surface area contributed by atoms with Crippen molar-refractivity contribution in [1.29, 1.82) is 0 Å². The van der Waals surface area contributed by atoms with Crippen molar-refractivity contribution in [2.75, 3.05) is 13.1 Å². The average molecular weight is 332 g/mol. The van der Waals surface area contributed by atoms with E-state index in [9.17, 15) is 4.79 Å². The van der Waals surface area contributed by atoms with Gasteiger partial charge >= 0.3 is 0 Å². The van der Waals surface area contributed by atoms with Crippen LogP contribution in [0.25, 0.3) is 0 Å². The molecule has 0 aliphatic carbocycles. The molecule has 7 nitrogen and oxygen atoms in total. The van der Waals surface area contributed by atoms with Crippen LogP contribution in [0.15, 0.2) is 15.1 Å². The molecule has 0 aromatic carbocycles. The van der Waals surface area contributed by atoms with E-state index in [1.165, 1.54) is 0 Å². The Hall–Kier alpha value is -2.15. The molecule has 0 saturated carbocycles. The fourth-order valence-corrected chi connectivity index (χ4v) is 3.28. The van der Waals surface area contributed by atoms with Gasteiger partial charge in [0.25, 0.3) is 0 Å². The summed E-state index contributed by atoms with van der Waals surface area (Å²) in [5.41, 5.74) is 2.09. The van der Waals surface area contributed by atoms with Gasteiger partial charge in [-0.05, 0) is 27.2 Å². The standard InChI is InChI=1S/C17H24N4O3/c1-11-7-18-17(23-11)10-21(14(4)22)15-5-6-20(8-15)9-16-12(2)19-24-13(16)3/h7,15H,5-6,8-10H2,1-4H3/t15-/m0/s1. The Balaban J connectivity index is 1.65. The lowest BCUT2D eigenvalue weighted by Crippen LogP contribution is -2.40. The highest BCUT2D eigenvalue weighted by Gasteiger charge is 2.31. The number of hydrogen-bond donors (Lipinski definition) is 0. The fraction of sp³-hybridized carbons (Fsp3) is 0.588. The van der Waals surface area contributed by atoms with Crippen molar-refractivity contribution < 1.29 is 13.7 Å². The topological polar surface area (TPSA) is 75.6 Å². The monoisotopic (exact) mass is 332 g/mol. The lowest BCUT2D eigenvalue weighted by molar-refractivity contribution is -0.132. The maximum Gasteiger partial charge on any atom is 0.220 e. The Bertz CT molecular complexity index is 702. The van der Waals surface area contributed by atoms with Crippen molar-refractivity contribution in [3.63, 3.8) is 0 Å². The van der Waals surface area contributed by atoms with Crippen LogP contribution in [0.3, 0.4) is 0 Å². The van der Waals surface area contributed by atoms with Crippen LogP contribution in [-0.4, -0.2) is 45.0 Å². The third-order valence-electron chi connectivity index (χ3n) is 4.63. The highest BCUT2D eigenvalue weighted by Crippen LogP contribution is 2.22. The Morgan fingerprint density at radius 2 is 2.21 bits per heavy atom. The number of aryl methyl sites for hydroxylation is 3. The van der Waals surface area contributed by atoms with Gasteiger partial charge in [0.05, 0.1) is 18.4 Å². The minimum absolute atomic E-state index is 0.0510. The SMILES string of the molecule is CC(=O)N(Cc1ncc(C)o1)[C@H]1CCN(Cc2c(C)noc2C)C1. The van der Waals surface area contributed by atoms with Gasteiger partial charge in [0.15, 0.2) is 0 Å². The number of aromatic nitrogens is 2. The zero-order chi connectivity index (χ0) is 17.3. The Kier molecular flexibility index (Phi) is 4.71. The second kappa shape index (κ2) is 6.76.